The minimum absolute atomic E-state index is 0.136. The number of ether oxygens (including phenoxy) is 1. The SMILES string of the molecule is N#Cc1cc(NC(=O)[C@@H]2CCC(=O)N2)ccc1OC(F)(F)F. The van der Waals surface area contributed by atoms with Crippen molar-refractivity contribution in [2.75, 3.05) is 5.32 Å². The Hall–Kier alpha value is -2.76. The first-order valence-corrected chi connectivity index (χ1v) is 6.18. The molecule has 0 aromatic heterocycles. The van der Waals surface area contributed by atoms with Crippen molar-refractivity contribution in [2.24, 2.45) is 0 Å². The number of hydrogen-bond donors (Lipinski definition) is 2. The Bertz CT molecular complexity index is 652. The summed E-state index contributed by atoms with van der Waals surface area (Å²) in [6.45, 7) is 0. The van der Waals surface area contributed by atoms with Crippen LogP contribution in [0.5, 0.6) is 5.75 Å². The fraction of sp³-hybridized carbons (Fsp3) is 0.308. The van der Waals surface area contributed by atoms with Crippen LogP contribution < -0.4 is 15.4 Å². The molecule has 1 aromatic rings. The van der Waals surface area contributed by atoms with E-state index in [1.807, 2.05) is 0 Å². The molecule has 0 aliphatic carbocycles. The zero-order valence-corrected chi connectivity index (χ0v) is 11.0. The van der Waals surface area contributed by atoms with Gasteiger partial charge in [-0.05, 0) is 24.6 Å². The average molecular weight is 313 g/mol. The topological polar surface area (TPSA) is 91.2 Å². The summed E-state index contributed by atoms with van der Waals surface area (Å²) in [5.41, 5.74) is -0.234. The second-order valence-corrected chi connectivity index (χ2v) is 4.52. The maximum Gasteiger partial charge on any atom is 0.573 e. The Kier molecular flexibility index (Phi) is 4.21. The van der Waals surface area contributed by atoms with Crippen LogP contribution in [0.2, 0.25) is 0 Å². The standard InChI is InChI=1S/C13H10F3N3O3/c14-13(15,16)22-10-3-1-8(5-7(10)6-17)18-12(21)9-2-4-11(20)19-9/h1,3,5,9H,2,4H2,(H,18,21)(H,19,20)/t9-/m0/s1. The van der Waals surface area contributed by atoms with Gasteiger partial charge in [-0.25, -0.2) is 0 Å². The molecule has 1 aliphatic heterocycles. The molecular weight excluding hydrogens is 303 g/mol. The van der Waals surface area contributed by atoms with Crippen molar-refractivity contribution in [3.8, 4) is 11.8 Å². The first-order chi connectivity index (χ1) is 10.3. The van der Waals surface area contributed by atoms with E-state index in [0.717, 1.165) is 12.1 Å². The Morgan fingerprint density at radius 1 is 1.45 bits per heavy atom. The molecule has 0 radical (unpaired) electrons. The van der Waals surface area contributed by atoms with Gasteiger partial charge in [-0.2, -0.15) is 5.26 Å². The van der Waals surface area contributed by atoms with Gasteiger partial charge in [0.05, 0.1) is 5.56 Å². The summed E-state index contributed by atoms with van der Waals surface area (Å²) in [6, 6.07) is 4.05. The van der Waals surface area contributed by atoms with Crippen LogP contribution in [-0.4, -0.2) is 24.2 Å². The van der Waals surface area contributed by atoms with E-state index in [2.05, 4.69) is 15.4 Å². The summed E-state index contributed by atoms with van der Waals surface area (Å²) in [4.78, 5) is 22.9. The minimum Gasteiger partial charge on any atom is -0.404 e. The first-order valence-electron chi connectivity index (χ1n) is 6.18. The van der Waals surface area contributed by atoms with Crippen molar-refractivity contribution in [2.45, 2.75) is 25.2 Å². The number of carbonyl (C=O) groups is 2. The van der Waals surface area contributed by atoms with Crippen LogP contribution in [-0.2, 0) is 9.59 Å². The van der Waals surface area contributed by atoms with E-state index in [-0.39, 0.29) is 23.6 Å². The number of amides is 2. The van der Waals surface area contributed by atoms with E-state index in [1.54, 1.807) is 6.07 Å². The van der Waals surface area contributed by atoms with Crippen LogP contribution in [0.25, 0.3) is 0 Å². The molecule has 6 nitrogen and oxygen atoms in total. The number of nitriles is 1. The molecule has 0 bridgehead atoms. The Labute approximate surface area is 122 Å². The number of halogens is 3. The summed E-state index contributed by atoms with van der Waals surface area (Å²) in [7, 11) is 0. The molecule has 1 atom stereocenters. The number of carbonyl (C=O) groups excluding carboxylic acids is 2. The summed E-state index contributed by atoms with van der Waals surface area (Å²) in [5, 5.41) is 13.7. The number of nitrogens with zero attached hydrogens (tertiary/aromatic N) is 1. The normalized spacial score (nSPS) is 17.5. The van der Waals surface area contributed by atoms with Crippen molar-refractivity contribution in [1.29, 1.82) is 5.26 Å². The highest BCUT2D eigenvalue weighted by Crippen LogP contribution is 2.28. The molecule has 2 rings (SSSR count). The molecule has 116 valence electrons. The minimum atomic E-state index is -4.91. The quantitative estimate of drug-likeness (QED) is 0.888. The monoisotopic (exact) mass is 313 g/mol. The van der Waals surface area contributed by atoms with Crippen LogP contribution in [0.15, 0.2) is 18.2 Å². The molecule has 9 heteroatoms. The predicted octanol–water partition coefficient (Wildman–Crippen LogP) is 1.67. The lowest BCUT2D eigenvalue weighted by Gasteiger charge is -2.13. The van der Waals surface area contributed by atoms with Crippen molar-refractivity contribution in [3.63, 3.8) is 0 Å². The van der Waals surface area contributed by atoms with Gasteiger partial charge in [0.1, 0.15) is 17.9 Å². The maximum atomic E-state index is 12.2. The number of alkyl halides is 3. The van der Waals surface area contributed by atoms with Gasteiger partial charge in [0.25, 0.3) is 0 Å². The molecule has 1 saturated heterocycles. The van der Waals surface area contributed by atoms with Gasteiger partial charge >= 0.3 is 6.36 Å². The number of anilines is 1. The lowest BCUT2D eigenvalue weighted by Crippen LogP contribution is -2.37. The Morgan fingerprint density at radius 2 is 2.18 bits per heavy atom. The third kappa shape index (κ3) is 3.88. The largest absolute Gasteiger partial charge is 0.573 e. The second kappa shape index (κ2) is 5.93. The number of benzene rings is 1. The summed E-state index contributed by atoms with van der Waals surface area (Å²) < 4.78 is 40.2. The molecule has 0 spiro atoms. The third-order valence-electron chi connectivity index (χ3n) is 2.91. The molecule has 1 aliphatic rings. The maximum absolute atomic E-state index is 12.2. The fourth-order valence-electron chi connectivity index (χ4n) is 1.95. The zero-order chi connectivity index (χ0) is 16.3. The van der Waals surface area contributed by atoms with E-state index in [1.165, 1.54) is 6.07 Å². The van der Waals surface area contributed by atoms with Gasteiger partial charge in [0, 0.05) is 12.1 Å². The van der Waals surface area contributed by atoms with E-state index >= 15 is 0 Å². The van der Waals surface area contributed by atoms with Gasteiger partial charge in [-0.15, -0.1) is 13.2 Å². The lowest BCUT2D eigenvalue weighted by atomic mass is 10.1. The molecular formula is C13H10F3N3O3. The van der Waals surface area contributed by atoms with E-state index in [9.17, 15) is 22.8 Å². The summed E-state index contributed by atoms with van der Waals surface area (Å²) in [6.07, 6.45) is -4.34. The van der Waals surface area contributed by atoms with E-state index in [0.29, 0.717) is 6.42 Å². The highest BCUT2D eigenvalue weighted by Gasteiger charge is 2.32. The van der Waals surface area contributed by atoms with Crippen LogP contribution in [0, 0.1) is 11.3 Å². The van der Waals surface area contributed by atoms with Gasteiger partial charge in [-0.1, -0.05) is 0 Å². The third-order valence-corrected chi connectivity index (χ3v) is 2.91. The van der Waals surface area contributed by atoms with Gasteiger partial charge in [-0.3, -0.25) is 9.59 Å². The van der Waals surface area contributed by atoms with Crippen LogP contribution in [0.3, 0.4) is 0 Å². The summed E-state index contributed by atoms with van der Waals surface area (Å²) >= 11 is 0. The Morgan fingerprint density at radius 3 is 2.73 bits per heavy atom. The van der Waals surface area contributed by atoms with Gasteiger partial charge < -0.3 is 15.4 Å². The molecule has 22 heavy (non-hydrogen) atoms. The van der Waals surface area contributed by atoms with Crippen molar-refractivity contribution < 1.29 is 27.5 Å². The molecule has 2 amide bonds. The van der Waals surface area contributed by atoms with Crippen molar-refractivity contribution in [3.05, 3.63) is 23.8 Å². The van der Waals surface area contributed by atoms with Gasteiger partial charge in [0.2, 0.25) is 11.8 Å². The van der Waals surface area contributed by atoms with Crippen LogP contribution in [0.4, 0.5) is 18.9 Å². The first kappa shape index (κ1) is 15.6. The molecule has 1 aromatic carbocycles. The number of hydrogen-bond acceptors (Lipinski definition) is 4. The average Bonchev–Trinajstić information content (AvgIpc) is 2.85. The highest BCUT2D eigenvalue weighted by atomic mass is 19.4. The molecule has 1 fully saturated rings. The Balaban J connectivity index is 2.11. The molecule has 0 saturated carbocycles. The van der Waals surface area contributed by atoms with Crippen molar-refractivity contribution >= 4 is 17.5 Å². The lowest BCUT2D eigenvalue weighted by molar-refractivity contribution is -0.274. The molecule has 2 N–H and O–H groups in total. The zero-order valence-electron chi connectivity index (χ0n) is 11.0. The number of nitrogens with one attached hydrogen (secondary N) is 2. The van der Waals surface area contributed by atoms with Gasteiger partial charge in [0.15, 0.2) is 0 Å². The van der Waals surface area contributed by atoms with Crippen molar-refractivity contribution in [1.82, 2.24) is 5.32 Å². The second-order valence-electron chi connectivity index (χ2n) is 4.52. The van der Waals surface area contributed by atoms with Crippen LogP contribution in [0.1, 0.15) is 18.4 Å². The summed E-state index contributed by atoms with van der Waals surface area (Å²) in [5.74, 6) is -1.40. The van der Waals surface area contributed by atoms with Crippen LogP contribution >= 0.6 is 0 Å². The fourth-order valence-corrected chi connectivity index (χ4v) is 1.95. The predicted molar refractivity (Wildman–Crippen MR) is 67.6 cm³/mol. The van der Waals surface area contributed by atoms with E-state index in [4.69, 9.17) is 5.26 Å². The molecule has 1 heterocycles. The number of rotatable bonds is 3. The van der Waals surface area contributed by atoms with E-state index < -0.39 is 24.1 Å². The smallest absolute Gasteiger partial charge is 0.404 e. The highest BCUT2D eigenvalue weighted by molar-refractivity contribution is 5.99. The molecule has 0 unspecified atom stereocenters.